The maximum atomic E-state index is 10.6. The van der Waals surface area contributed by atoms with E-state index in [0.29, 0.717) is 10.2 Å². The third kappa shape index (κ3) is 3.53. The van der Waals surface area contributed by atoms with Crippen molar-refractivity contribution in [2.24, 2.45) is 0 Å². The number of rotatable bonds is 4. The standard InChI is InChI=1S/C10H11BrO4/c1-6(12)5-15-9-3-2-7(10(13)14)4-8(9)11/h2-4,6,12H,5H2,1H3,(H,13,14). The average Bonchev–Trinajstić information content (AvgIpc) is 2.15. The van der Waals surface area contributed by atoms with E-state index < -0.39 is 12.1 Å². The van der Waals surface area contributed by atoms with Crippen LogP contribution in [0, 0.1) is 0 Å². The predicted molar refractivity (Wildman–Crippen MR) is 58.3 cm³/mol. The Hall–Kier alpha value is -1.07. The van der Waals surface area contributed by atoms with Crippen LogP contribution in [-0.4, -0.2) is 28.9 Å². The van der Waals surface area contributed by atoms with Gasteiger partial charge in [0.25, 0.3) is 0 Å². The molecule has 1 rings (SSSR count). The van der Waals surface area contributed by atoms with Crippen LogP contribution in [0.2, 0.25) is 0 Å². The largest absolute Gasteiger partial charge is 0.490 e. The van der Waals surface area contributed by atoms with Gasteiger partial charge in [-0.15, -0.1) is 0 Å². The zero-order valence-electron chi connectivity index (χ0n) is 8.11. The quantitative estimate of drug-likeness (QED) is 0.880. The van der Waals surface area contributed by atoms with Crippen LogP contribution in [0.3, 0.4) is 0 Å². The van der Waals surface area contributed by atoms with E-state index in [-0.39, 0.29) is 12.2 Å². The Balaban J connectivity index is 2.79. The van der Waals surface area contributed by atoms with Crippen molar-refractivity contribution in [3.05, 3.63) is 28.2 Å². The number of hydrogen-bond acceptors (Lipinski definition) is 3. The molecular formula is C10H11BrO4. The molecule has 0 radical (unpaired) electrons. The summed E-state index contributed by atoms with van der Waals surface area (Å²) in [6.45, 7) is 1.78. The minimum atomic E-state index is -0.988. The topological polar surface area (TPSA) is 66.8 Å². The monoisotopic (exact) mass is 274 g/mol. The highest BCUT2D eigenvalue weighted by Crippen LogP contribution is 2.26. The summed E-state index contributed by atoms with van der Waals surface area (Å²) in [5, 5.41) is 17.7. The Morgan fingerprint density at radius 1 is 1.60 bits per heavy atom. The molecule has 1 atom stereocenters. The number of benzene rings is 1. The molecule has 0 aliphatic carbocycles. The molecule has 0 saturated carbocycles. The first kappa shape index (κ1) is 12.0. The average molecular weight is 275 g/mol. The summed E-state index contributed by atoms with van der Waals surface area (Å²) in [5.74, 6) is -0.473. The van der Waals surface area contributed by atoms with Crippen LogP contribution >= 0.6 is 15.9 Å². The van der Waals surface area contributed by atoms with Crippen molar-refractivity contribution in [3.8, 4) is 5.75 Å². The number of carboxylic acid groups (broad SMARTS) is 1. The van der Waals surface area contributed by atoms with E-state index in [9.17, 15) is 4.79 Å². The normalized spacial score (nSPS) is 12.2. The molecule has 5 heteroatoms. The van der Waals surface area contributed by atoms with E-state index in [1.54, 1.807) is 13.0 Å². The van der Waals surface area contributed by atoms with Gasteiger partial charge in [0.1, 0.15) is 12.4 Å². The molecule has 1 aromatic carbocycles. The summed E-state index contributed by atoms with van der Waals surface area (Å²) < 4.78 is 5.80. The number of hydrogen-bond donors (Lipinski definition) is 2. The molecule has 15 heavy (non-hydrogen) atoms. The molecule has 0 spiro atoms. The first-order valence-corrected chi connectivity index (χ1v) is 5.13. The van der Waals surface area contributed by atoms with Gasteiger partial charge in [-0.3, -0.25) is 0 Å². The fourth-order valence-corrected chi connectivity index (χ4v) is 1.45. The van der Waals surface area contributed by atoms with Gasteiger partial charge in [0.15, 0.2) is 0 Å². The highest BCUT2D eigenvalue weighted by molar-refractivity contribution is 9.10. The van der Waals surface area contributed by atoms with E-state index in [2.05, 4.69) is 15.9 Å². The SMILES string of the molecule is CC(O)COc1ccc(C(=O)O)cc1Br. The van der Waals surface area contributed by atoms with Gasteiger partial charge in [-0.25, -0.2) is 4.79 Å². The van der Waals surface area contributed by atoms with Gasteiger partial charge in [0.2, 0.25) is 0 Å². The maximum Gasteiger partial charge on any atom is 0.335 e. The number of carboxylic acids is 1. The molecule has 0 saturated heterocycles. The van der Waals surface area contributed by atoms with Crippen molar-refractivity contribution in [2.75, 3.05) is 6.61 Å². The molecular weight excluding hydrogens is 264 g/mol. The fraction of sp³-hybridized carbons (Fsp3) is 0.300. The van der Waals surface area contributed by atoms with E-state index in [4.69, 9.17) is 14.9 Å². The number of ether oxygens (including phenoxy) is 1. The molecule has 2 N–H and O–H groups in total. The lowest BCUT2D eigenvalue weighted by atomic mass is 10.2. The van der Waals surface area contributed by atoms with Gasteiger partial charge in [0, 0.05) is 0 Å². The third-order valence-corrected chi connectivity index (χ3v) is 2.28. The summed E-state index contributed by atoms with van der Waals surface area (Å²) in [6, 6.07) is 4.46. The molecule has 0 aliphatic rings. The van der Waals surface area contributed by atoms with Gasteiger partial charge in [0.05, 0.1) is 16.1 Å². The van der Waals surface area contributed by atoms with Gasteiger partial charge in [-0.2, -0.15) is 0 Å². The summed E-state index contributed by atoms with van der Waals surface area (Å²) in [6.07, 6.45) is -0.559. The van der Waals surface area contributed by atoms with E-state index in [1.165, 1.54) is 12.1 Å². The van der Waals surface area contributed by atoms with Gasteiger partial charge < -0.3 is 14.9 Å². The Labute approximate surface area is 95.6 Å². The van der Waals surface area contributed by atoms with Crippen molar-refractivity contribution >= 4 is 21.9 Å². The molecule has 0 amide bonds. The molecule has 0 aliphatic heterocycles. The lowest BCUT2D eigenvalue weighted by Gasteiger charge is -2.09. The first-order chi connectivity index (χ1) is 7.00. The van der Waals surface area contributed by atoms with E-state index in [1.807, 2.05) is 0 Å². The van der Waals surface area contributed by atoms with Crippen molar-refractivity contribution in [1.29, 1.82) is 0 Å². The lowest BCUT2D eigenvalue weighted by molar-refractivity contribution is 0.0696. The Morgan fingerprint density at radius 2 is 2.27 bits per heavy atom. The highest BCUT2D eigenvalue weighted by atomic mass is 79.9. The zero-order valence-corrected chi connectivity index (χ0v) is 9.69. The second-order valence-corrected chi connectivity index (χ2v) is 3.96. The van der Waals surface area contributed by atoms with E-state index >= 15 is 0 Å². The summed E-state index contributed by atoms with van der Waals surface area (Å²) in [7, 11) is 0. The predicted octanol–water partition coefficient (Wildman–Crippen LogP) is 1.91. The highest BCUT2D eigenvalue weighted by Gasteiger charge is 2.08. The van der Waals surface area contributed by atoms with Crippen LogP contribution in [0.25, 0.3) is 0 Å². The summed E-state index contributed by atoms with van der Waals surface area (Å²) >= 11 is 3.20. The minimum Gasteiger partial charge on any atom is -0.490 e. The van der Waals surface area contributed by atoms with Crippen LogP contribution in [0.1, 0.15) is 17.3 Å². The van der Waals surface area contributed by atoms with Crippen LogP contribution in [0.4, 0.5) is 0 Å². The molecule has 0 aromatic heterocycles. The Kier molecular flexibility index (Phi) is 4.11. The third-order valence-electron chi connectivity index (χ3n) is 1.66. The van der Waals surface area contributed by atoms with E-state index in [0.717, 1.165) is 0 Å². The van der Waals surface area contributed by atoms with Crippen LogP contribution < -0.4 is 4.74 Å². The maximum absolute atomic E-state index is 10.6. The minimum absolute atomic E-state index is 0.172. The number of halogens is 1. The molecule has 1 aromatic rings. The van der Waals surface area contributed by atoms with Crippen molar-refractivity contribution in [3.63, 3.8) is 0 Å². The number of aliphatic hydroxyl groups is 1. The lowest BCUT2D eigenvalue weighted by Crippen LogP contribution is -2.13. The number of carbonyl (C=O) groups is 1. The molecule has 0 bridgehead atoms. The Bertz CT molecular complexity index is 362. The second kappa shape index (κ2) is 5.14. The van der Waals surface area contributed by atoms with Crippen LogP contribution in [-0.2, 0) is 0 Å². The smallest absolute Gasteiger partial charge is 0.335 e. The second-order valence-electron chi connectivity index (χ2n) is 3.11. The molecule has 0 fully saturated rings. The van der Waals surface area contributed by atoms with Gasteiger partial charge in [-0.1, -0.05) is 0 Å². The van der Waals surface area contributed by atoms with Gasteiger partial charge in [-0.05, 0) is 41.1 Å². The number of aromatic carboxylic acids is 1. The van der Waals surface area contributed by atoms with Crippen LogP contribution in [0.5, 0.6) is 5.75 Å². The van der Waals surface area contributed by atoms with Crippen molar-refractivity contribution < 1.29 is 19.7 Å². The number of aliphatic hydroxyl groups excluding tert-OH is 1. The first-order valence-electron chi connectivity index (χ1n) is 4.34. The molecule has 0 heterocycles. The van der Waals surface area contributed by atoms with Crippen molar-refractivity contribution in [1.82, 2.24) is 0 Å². The Morgan fingerprint density at radius 3 is 2.73 bits per heavy atom. The summed E-state index contributed by atoms with van der Waals surface area (Å²) in [5.41, 5.74) is 0.186. The van der Waals surface area contributed by atoms with Gasteiger partial charge >= 0.3 is 5.97 Å². The van der Waals surface area contributed by atoms with Crippen LogP contribution in [0.15, 0.2) is 22.7 Å². The van der Waals surface area contributed by atoms with Crippen molar-refractivity contribution in [2.45, 2.75) is 13.0 Å². The summed E-state index contributed by atoms with van der Waals surface area (Å²) in [4.78, 5) is 10.6. The fourth-order valence-electron chi connectivity index (χ4n) is 0.961. The molecule has 1 unspecified atom stereocenters. The zero-order chi connectivity index (χ0) is 11.4. The molecule has 4 nitrogen and oxygen atoms in total. The molecule has 82 valence electrons.